The van der Waals surface area contributed by atoms with E-state index in [1.54, 1.807) is 18.3 Å². The molecule has 0 saturated heterocycles. The van der Waals surface area contributed by atoms with Gasteiger partial charge in [-0.05, 0) is 73.0 Å². The molecule has 3 rings (SSSR count). The van der Waals surface area contributed by atoms with Crippen LogP contribution in [0.4, 0.5) is 4.39 Å². The van der Waals surface area contributed by atoms with E-state index in [0.29, 0.717) is 17.2 Å². The zero-order chi connectivity index (χ0) is 19.4. The van der Waals surface area contributed by atoms with Gasteiger partial charge in [0.05, 0.1) is 4.90 Å². The first kappa shape index (κ1) is 19.0. The minimum absolute atomic E-state index is 0.00422. The van der Waals surface area contributed by atoms with E-state index in [-0.39, 0.29) is 11.4 Å². The van der Waals surface area contributed by atoms with E-state index in [0.717, 1.165) is 17.7 Å². The largest absolute Gasteiger partial charge is 0.439 e. The van der Waals surface area contributed by atoms with E-state index in [9.17, 15) is 12.8 Å². The molecule has 2 aromatic carbocycles. The molecule has 1 aromatic heterocycles. The molecule has 3 aromatic rings. The topological polar surface area (TPSA) is 68.3 Å². The molecule has 1 N–H and O–H groups in total. The van der Waals surface area contributed by atoms with E-state index < -0.39 is 15.8 Å². The minimum Gasteiger partial charge on any atom is -0.439 e. The lowest BCUT2D eigenvalue weighted by molar-refractivity contribution is 0.461. The number of benzene rings is 2. The molecular formula is C20H19FN2O3S. The second-order valence-corrected chi connectivity index (χ2v) is 7.90. The SMILES string of the molecule is Cc1ccc(Oc2cc(CNS(=O)(=O)c3ccc(F)cc3)ccn2)cc1C. The number of hydrogen-bond donors (Lipinski definition) is 1. The van der Waals surface area contributed by atoms with E-state index in [1.165, 1.54) is 17.7 Å². The number of hydrogen-bond acceptors (Lipinski definition) is 4. The summed E-state index contributed by atoms with van der Waals surface area (Å²) in [6, 6.07) is 13.8. The maximum atomic E-state index is 13.0. The number of aromatic nitrogens is 1. The maximum Gasteiger partial charge on any atom is 0.240 e. The van der Waals surface area contributed by atoms with Crippen LogP contribution in [0.25, 0.3) is 0 Å². The van der Waals surface area contributed by atoms with Gasteiger partial charge in [0.15, 0.2) is 0 Å². The highest BCUT2D eigenvalue weighted by Gasteiger charge is 2.14. The summed E-state index contributed by atoms with van der Waals surface area (Å²) in [4.78, 5) is 4.16. The van der Waals surface area contributed by atoms with Gasteiger partial charge in [0.1, 0.15) is 11.6 Å². The first-order valence-electron chi connectivity index (χ1n) is 8.29. The predicted octanol–water partition coefficient (Wildman–Crippen LogP) is 4.11. The maximum absolute atomic E-state index is 13.0. The van der Waals surface area contributed by atoms with Crippen molar-refractivity contribution in [3.05, 3.63) is 83.3 Å². The molecule has 0 aliphatic rings. The van der Waals surface area contributed by atoms with Gasteiger partial charge in [0.25, 0.3) is 0 Å². The van der Waals surface area contributed by atoms with Crippen LogP contribution in [0.3, 0.4) is 0 Å². The summed E-state index contributed by atoms with van der Waals surface area (Å²) in [5.41, 5.74) is 2.96. The van der Waals surface area contributed by atoms with E-state index >= 15 is 0 Å². The highest BCUT2D eigenvalue weighted by Crippen LogP contribution is 2.23. The number of pyridine rings is 1. The monoisotopic (exact) mass is 386 g/mol. The average Bonchev–Trinajstić information content (AvgIpc) is 2.64. The van der Waals surface area contributed by atoms with Gasteiger partial charge in [-0.3, -0.25) is 0 Å². The van der Waals surface area contributed by atoms with Crippen LogP contribution in [0.15, 0.2) is 65.7 Å². The third-order valence-electron chi connectivity index (χ3n) is 4.09. The van der Waals surface area contributed by atoms with E-state index in [2.05, 4.69) is 9.71 Å². The van der Waals surface area contributed by atoms with Gasteiger partial charge in [0, 0.05) is 18.8 Å². The molecule has 0 radical (unpaired) electrons. The fourth-order valence-corrected chi connectivity index (χ4v) is 3.41. The van der Waals surface area contributed by atoms with Crippen LogP contribution in [0, 0.1) is 19.7 Å². The van der Waals surface area contributed by atoms with Gasteiger partial charge in [-0.2, -0.15) is 0 Å². The van der Waals surface area contributed by atoms with Gasteiger partial charge in [-0.1, -0.05) is 6.07 Å². The molecule has 0 bridgehead atoms. The number of nitrogens with zero attached hydrogens (tertiary/aromatic N) is 1. The standard InChI is InChI=1S/C20H19FN2O3S/c1-14-3-6-18(11-15(14)2)26-20-12-16(9-10-22-20)13-23-27(24,25)19-7-4-17(21)5-8-19/h3-12,23H,13H2,1-2H3. The number of nitrogens with one attached hydrogen (secondary N) is 1. The molecule has 0 saturated carbocycles. The molecule has 27 heavy (non-hydrogen) atoms. The summed E-state index contributed by atoms with van der Waals surface area (Å²) in [6.45, 7) is 4.08. The van der Waals surface area contributed by atoms with E-state index in [1.807, 2.05) is 32.0 Å². The normalized spacial score (nSPS) is 11.4. The Morgan fingerprint density at radius 2 is 1.74 bits per heavy atom. The highest BCUT2D eigenvalue weighted by atomic mass is 32.2. The summed E-state index contributed by atoms with van der Waals surface area (Å²) in [5.74, 6) is 0.544. The molecule has 0 aliphatic carbocycles. The first-order valence-corrected chi connectivity index (χ1v) is 9.77. The number of sulfonamides is 1. The fraction of sp³-hybridized carbons (Fsp3) is 0.150. The molecule has 0 aliphatic heterocycles. The van der Waals surface area contributed by atoms with Crippen LogP contribution < -0.4 is 9.46 Å². The second-order valence-electron chi connectivity index (χ2n) is 6.13. The van der Waals surface area contributed by atoms with Crippen molar-refractivity contribution >= 4 is 10.0 Å². The third kappa shape index (κ3) is 4.90. The Morgan fingerprint density at radius 3 is 2.44 bits per heavy atom. The minimum atomic E-state index is -3.74. The Bertz CT molecular complexity index is 1050. The quantitative estimate of drug-likeness (QED) is 0.692. The molecule has 140 valence electrons. The predicted molar refractivity (Wildman–Crippen MR) is 101 cm³/mol. The summed E-state index contributed by atoms with van der Waals surface area (Å²) in [6.07, 6.45) is 1.55. The molecular weight excluding hydrogens is 367 g/mol. The summed E-state index contributed by atoms with van der Waals surface area (Å²) >= 11 is 0. The summed E-state index contributed by atoms with van der Waals surface area (Å²) in [5, 5.41) is 0. The highest BCUT2D eigenvalue weighted by molar-refractivity contribution is 7.89. The lowest BCUT2D eigenvalue weighted by Gasteiger charge is -2.10. The second kappa shape index (κ2) is 7.85. The van der Waals surface area contributed by atoms with Gasteiger partial charge in [-0.25, -0.2) is 22.5 Å². The van der Waals surface area contributed by atoms with Crippen molar-refractivity contribution < 1.29 is 17.5 Å². The molecule has 0 atom stereocenters. The zero-order valence-corrected chi connectivity index (χ0v) is 15.8. The van der Waals surface area contributed by atoms with Crippen molar-refractivity contribution in [2.24, 2.45) is 0 Å². The summed E-state index contributed by atoms with van der Waals surface area (Å²) in [7, 11) is -3.74. The lowest BCUT2D eigenvalue weighted by atomic mass is 10.1. The molecule has 0 unspecified atom stereocenters. The average molecular weight is 386 g/mol. The van der Waals surface area contributed by atoms with Crippen molar-refractivity contribution in [1.29, 1.82) is 0 Å². The summed E-state index contributed by atoms with van der Waals surface area (Å²) < 4.78 is 45.8. The Labute approximate surface area is 157 Å². The molecule has 1 heterocycles. The molecule has 5 nitrogen and oxygen atoms in total. The first-order chi connectivity index (χ1) is 12.8. The van der Waals surface area contributed by atoms with Crippen LogP contribution in [0.1, 0.15) is 16.7 Å². The Hall–Kier alpha value is -2.77. The number of halogens is 1. The van der Waals surface area contributed by atoms with Crippen LogP contribution in [-0.2, 0) is 16.6 Å². The lowest BCUT2D eigenvalue weighted by Crippen LogP contribution is -2.23. The van der Waals surface area contributed by atoms with Crippen molar-refractivity contribution in [3.63, 3.8) is 0 Å². The molecule has 0 spiro atoms. The van der Waals surface area contributed by atoms with Gasteiger partial charge in [0.2, 0.25) is 15.9 Å². The smallest absolute Gasteiger partial charge is 0.240 e. The number of ether oxygens (including phenoxy) is 1. The van der Waals surface area contributed by atoms with Crippen LogP contribution in [-0.4, -0.2) is 13.4 Å². The van der Waals surface area contributed by atoms with Crippen molar-refractivity contribution in [2.45, 2.75) is 25.3 Å². The van der Waals surface area contributed by atoms with Crippen molar-refractivity contribution in [1.82, 2.24) is 9.71 Å². The van der Waals surface area contributed by atoms with Crippen LogP contribution in [0.2, 0.25) is 0 Å². The molecule has 7 heteroatoms. The fourth-order valence-electron chi connectivity index (χ4n) is 2.39. The third-order valence-corrected chi connectivity index (χ3v) is 5.51. The van der Waals surface area contributed by atoms with Gasteiger partial charge < -0.3 is 4.74 Å². The van der Waals surface area contributed by atoms with Crippen LogP contribution in [0.5, 0.6) is 11.6 Å². The number of aryl methyl sites for hydroxylation is 2. The van der Waals surface area contributed by atoms with Gasteiger partial charge in [-0.15, -0.1) is 0 Å². The Morgan fingerprint density at radius 1 is 1.00 bits per heavy atom. The van der Waals surface area contributed by atoms with Crippen molar-refractivity contribution in [3.8, 4) is 11.6 Å². The van der Waals surface area contributed by atoms with Gasteiger partial charge >= 0.3 is 0 Å². The number of rotatable bonds is 6. The Balaban J connectivity index is 1.70. The van der Waals surface area contributed by atoms with Crippen molar-refractivity contribution in [2.75, 3.05) is 0 Å². The molecule has 0 amide bonds. The Kier molecular flexibility index (Phi) is 5.53. The zero-order valence-electron chi connectivity index (χ0n) is 14.9. The van der Waals surface area contributed by atoms with E-state index in [4.69, 9.17) is 4.74 Å². The molecule has 0 fully saturated rings. The van der Waals surface area contributed by atoms with Crippen LogP contribution >= 0.6 is 0 Å².